The van der Waals surface area contributed by atoms with Crippen LogP contribution in [-0.2, 0) is 6.54 Å². The van der Waals surface area contributed by atoms with E-state index in [4.69, 9.17) is 0 Å². The van der Waals surface area contributed by atoms with Crippen LogP contribution in [0.2, 0.25) is 0 Å². The lowest BCUT2D eigenvalue weighted by Gasteiger charge is -2.09. The second-order valence-corrected chi connectivity index (χ2v) is 6.99. The maximum Gasteiger partial charge on any atom is 0.319 e. The number of rotatable bonds is 7. The molecule has 144 valence electrons. The number of nitrogens with zero attached hydrogens (tertiary/aromatic N) is 2. The molecule has 0 spiro atoms. The number of hydrogen-bond acceptors (Lipinski definition) is 3. The van der Waals surface area contributed by atoms with E-state index < -0.39 is 0 Å². The number of amides is 3. The van der Waals surface area contributed by atoms with Crippen LogP contribution in [0, 0.1) is 0 Å². The van der Waals surface area contributed by atoms with E-state index in [0.29, 0.717) is 23.8 Å². The van der Waals surface area contributed by atoms with Gasteiger partial charge in [-0.2, -0.15) is 0 Å². The maximum absolute atomic E-state index is 12.4. The van der Waals surface area contributed by atoms with Crippen LogP contribution in [0.25, 0.3) is 11.0 Å². The summed E-state index contributed by atoms with van der Waals surface area (Å²) in [5, 5.41) is 8.56. The smallest absolute Gasteiger partial charge is 0.319 e. The highest BCUT2D eigenvalue weighted by Gasteiger charge is 2.23. The molecule has 1 saturated carbocycles. The van der Waals surface area contributed by atoms with Gasteiger partial charge in [-0.15, -0.1) is 0 Å². The molecule has 7 heteroatoms. The number of urea groups is 1. The topological polar surface area (TPSA) is 88.1 Å². The SMILES string of the molecule is O=C(Nc1cccc(C(=O)NCCCn2cnc3ccccc32)c1)NC1CC1. The molecule has 4 rings (SSSR count). The summed E-state index contributed by atoms with van der Waals surface area (Å²) in [7, 11) is 0. The minimum atomic E-state index is -0.229. The van der Waals surface area contributed by atoms with Crippen LogP contribution >= 0.6 is 0 Å². The molecule has 28 heavy (non-hydrogen) atoms. The molecule has 1 fully saturated rings. The second kappa shape index (κ2) is 8.12. The van der Waals surface area contributed by atoms with Gasteiger partial charge in [0.1, 0.15) is 0 Å². The summed E-state index contributed by atoms with van der Waals surface area (Å²) >= 11 is 0. The minimum absolute atomic E-state index is 0.151. The fraction of sp³-hybridized carbons (Fsp3) is 0.286. The molecule has 1 aliphatic rings. The van der Waals surface area contributed by atoms with Crippen molar-refractivity contribution < 1.29 is 9.59 Å². The molecule has 1 aliphatic carbocycles. The highest BCUT2D eigenvalue weighted by molar-refractivity contribution is 5.96. The van der Waals surface area contributed by atoms with E-state index in [1.807, 2.05) is 30.6 Å². The standard InChI is InChI=1S/C21H23N5O2/c27-20(15-5-3-6-17(13-15)25-21(28)24-16-9-10-16)22-11-4-12-26-14-23-18-7-1-2-8-19(18)26/h1-3,5-8,13-14,16H,4,9-12H2,(H,22,27)(H2,24,25,28). The number of para-hydroxylation sites is 2. The summed E-state index contributed by atoms with van der Waals surface area (Å²) < 4.78 is 2.09. The number of imidazole rings is 1. The Morgan fingerprint density at radius 3 is 2.82 bits per heavy atom. The van der Waals surface area contributed by atoms with Crippen molar-refractivity contribution in [3.63, 3.8) is 0 Å². The third-order valence-electron chi connectivity index (χ3n) is 4.68. The number of nitrogens with one attached hydrogen (secondary N) is 3. The van der Waals surface area contributed by atoms with E-state index in [2.05, 4.69) is 25.5 Å². The van der Waals surface area contributed by atoms with Crippen molar-refractivity contribution >= 4 is 28.7 Å². The van der Waals surface area contributed by atoms with Gasteiger partial charge in [0.15, 0.2) is 0 Å². The fourth-order valence-electron chi connectivity index (χ4n) is 3.06. The summed E-state index contributed by atoms with van der Waals surface area (Å²) in [5.74, 6) is -0.151. The van der Waals surface area contributed by atoms with E-state index in [0.717, 1.165) is 36.8 Å². The molecule has 0 saturated heterocycles. The molecule has 1 heterocycles. The average molecular weight is 377 g/mol. The molecular formula is C21H23N5O2. The molecule has 7 nitrogen and oxygen atoms in total. The molecule has 1 aromatic heterocycles. The molecule has 0 unspecified atom stereocenters. The Hall–Kier alpha value is -3.35. The number of carbonyl (C=O) groups is 2. The summed E-state index contributed by atoms with van der Waals surface area (Å²) in [6.45, 7) is 1.34. The Bertz CT molecular complexity index is 993. The molecule has 3 amide bonds. The van der Waals surface area contributed by atoms with Crippen molar-refractivity contribution in [2.75, 3.05) is 11.9 Å². The van der Waals surface area contributed by atoms with Gasteiger partial charge in [-0.25, -0.2) is 9.78 Å². The Kier molecular flexibility index (Phi) is 5.23. The Morgan fingerprint density at radius 1 is 1.11 bits per heavy atom. The van der Waals surface area contributed by atoms with Gasteiger partial charge in [0.05, 0.1) is 17.4 Å². The second-order valence-electron chi connectivity index (χ2n) is 6.99. The summed E-state index contributed by atoms with van der Waals surface area (Å²) in [5.41, 5.74) is 3.20. The highest BCUT2D eigenvalue weighted by Crippen LogP contribution is 2.19. The van der Waals surface area contributed by atoms with Crippen LogP contribution < -0.4 is 16.0 Å². The lowest BCUT2D eigenvalue weighted by atomic mass is 10.2. The summed E-state index contributed by atoms with van der Waals surface area (Å²) in [6.07, 6.45) is 4.69. The van der Waals surface area contributed by atoms with Gasteiger partial charge < -0.3 is 20.5 Å². The van der Waals surface area contributed by atoms with E-state index in [1.165, 1.54) is 0 Å². The first-order valence-electron chi connectivity index (χ1n) is 9.55. The van der Waals surface area contributed by atoms with Crippen LogP contribution in [0.1, 0.15) is 29.6 Å². The predicted molar refractivity (Wildman–Crippen MR) is 108 cm³/mol. The largest absolute Gasteiger partial charge is 0.352 e. The van der Waals surface area contributed by atoms with E-state index >= 15 is 0 Å². The lowest BCUT2D eigenvalue weighted by molar-refractivity contribution is 0.0952. The van der Waals surface area contributed by atoms with Gasteiger partial charge in [-0.05, 0) is 49.6 Å². The van der Waals surface area contributed by atoms with Crippen molar-refractivity contribution in [1.82, 2.24) is 20.2 Å². The quantitative estimate of drug-likeness (QED) is 0.553. The molecule has 3 aromatic rings. The third-order valence-corrected chi connectivity index (χ3v) is 4.68. The first-order valence-corrected chi connectivity index (χ1v) is 9.55. The first kappa shape index (κ1) is 18.0. The van der Waals surface area contributed by atoms with Crippen LogP contribution in [0.4, 0.5) is 10.5 Å². The van der Waals surface area contributed by atoms with Crippen LogP contribution in [-0.4, -0.2) is 34.1 Å². The van der Waals surface area contributed by atoms with E-state index in [-0.39, 0.29) is 11.9 Å². The normalized spacial score (nSPS) is 13.3. The molecule has 0 bridgehead atoms. The van der Waals surface area contributed by atoms with Crippen LogP contribution in [0.5, 0.6) is 0 Å². The Morgan fingerprint density at radius 2 is 1.96 bits per heavy atom. The summed E-state index contributed by atoms with van der Waals surface area (Å²) in [4.78, 5) is 28.6. The lowest BCUT2D eigenvalue weighted by Crippen LogP contribution is -2.30. The van der Waals surface area contributed by atoms with Gasteiger partial charge >= 0.3 is 6.03 Å². The molecule has 2 aromatic carbocycles. The monoisotopic (exact) mass is 377 g/mol. The summed E-state index contributed by atoms with van der Waals surface area (Å²) in [6, 6.07) is 15.0. The average Bonchev–Trinajstić information content (AvgIpc) is 3.42. The minimum Gasteiger partial charge on any atom is -0.352 e. The number of aromatic nitrogens is 2. The van der Waals surface area contributed by atoms with Gasteiger partial charge in [-0.3, -0.25) is 4.79 Å². The van der Waals surface area contributed by atoms with Crippen molar-refractivity contribution in [2.24, 2.45) is 0 Å². The highest BCUT2D eigenvalue weighted by atomic mass is 16.2. The van der Waals surface area contributed by atoms with Crippen LogP contribution in [0.15, 0.2) is 54.9 Å². The van der Waals surface area contributed by atoms with Crippen LogP contribution in [0.3, 0.4) is 0 Å². The van der Waals surface area contributed by atoms with Gasteiger partial charge in [0.25, 0.3) is 5.91 Å². The zero-order valence-electron chi connectivity index (χ0n) is 15.5. The zero-order chi connectivity index (χ0) is 19.3. The predicted octanol–water partition coefficient (Wildman–Crippen LogP) is 3.14. The first-order chi connectivity index (χ1) is 13.7. The fourth-order valence-corrected chi connectivity index (χ4v) is 3.06. The van der Waals surface area contributed by atoms with E-state index in [1.54, 1.807) is 24.3 Å². The molecule has 0 aliphatic heterocycles. The number of benzene rings is 2. The molecule has 0 atom stereocenters. The van der Waals surface area contributed by atoms with Gasteiger partial charge in [0, 0.05) is 30.4 Å². The number of aryl methyl sites for hydroxylation is 1. The van der Waals surface area contributed by atoms with Crippen molar-refractivity contribution in [3.8, 4) is 0 Å². The number of hydrogen-bond donors (Lipinski definition) is 3. The number of carbonyl (C=O) groups excluding carboxylic acids is 2. The molecular weight excluding hydrogens is 354 g/mol. The van der Waals surface area contributed by atoms with E-state index in [9.17, 15) is 9.59 Å². The Balaban J connectivity index is 1.26. The van der Waals surface area contributed by atoms with Crippen molar-refractivity contribution in [2.45, 2.75) is 31.8 Å². The number of anilines is 1. The van der Waals surface area contributed by atoms with Crippen molar-refractivity contribution in [1.29, 1.82) is 0 Å². The van der Waals surface area contributed by atoms with Crippen molar-refractivity contribution in [3.05, 3.63) is 60.4 Å². The maximum atomic E-state index is 12.4. The Labute approximate surface area is 163 Å². The molecule has 3 N–H and O–H groups in total. The zero-order valence-corrected chi connectivity index (χ0v) is 15.5. The van der Waals surface area contributed by atoms with Gasteiger partial charge in [-0.1, -0.05) is 18.2 Å². The van der Waals surface area contributed by atoms with Gasteiger partial charge in [0.2, 0.25) is 0 Å². The third kappa shape index (κ3) is 4.49. The number of fused-ring (bicyclic) bond motifs is 1. The molecule has 0 radical (unpaired) electrons.